The van der Waals surface area contributed by atoms with Gasteiger partial charge in [-0.05, 0) is 25.0 Å². The summed E-state index contributed by atoms with van der Waals surface area (Å²) in [4.78, 5) is 4.73. The first kappa shape index (κ1) is 13.9. The van der Waals surface area contributed by atoms with Crippen LogP contribution in [0.2, 0.25) is 0 Å². The molecule has 1 N–H and O–H groups in total. The highest BCUT2D eigenvalue weighted by atomic mass is 32.2. The second kappa shape index (κ2) is 6.61. The molecule has 4 nitrogen and oxygen atoms in total. The van der Waals surface area contributed by atoms with Gasteiger partial charge in [0, 0.05) is 17.0 Å². The van der Waals surface area contributed by atoms with E-state index >= 15 is 0 Å². The lowest BCUT2D eigenvalue weighted by Crippen LogP contribution is -2.19. The molecule has 1 atom stereocenters. The van der Waals surface area contributed by atoms with Gasteiger partial charge in [0.15, 0.2) is 11.5 Å². The molecular weight excluding hydrogens is 272 g/mol. The number of thioether (sulfide) groups is 1. The lowest BCUT2D eigenvalue weighted by atomic mass is 10.2. The van der Waals surface area contributed by atoms with E-state index in [9.17, 15) is 0 Å². The van der Waals surface area contributed by atoms with Crippen molar-refractivity contribution in [2.45, 2.75) is 32.1 Å². The number of hydrogen-bond acceptors (Lipinski definition) is 5. The predicted molar refractivity (Wildman–Crippen MR) is 83.3 cm³/mol. The van der Waals surface area contributed by atoms with E-state index < -0.39 is 0 Å². The van der Waals surface area contributed by atoms with Crippen molar-refractivity contribution in [3.63, 3.8) is 0 Å². The maximum atomic E-state index is 5.53. The summed E-state index contributed by atoms with van der Waals surface area (Å²) >= 11 is 1.79. The van der Waals surface area contributed by atoms with Crippen molar-refractivity contribution in [2.24, 2.45) is 4.99 Å². The van der Waals surface area contributed by atoms with Crippen LogP contribution in [-0.4, -0.2) is 30.2 Å². The number of amidine groups is 1. The molecule has 5 heteroatoms. The molecule has 0 spiro atoms. The number of anilines is 1. The fourth-order valence-electron chi connectivity index (χ4n) is 2.36. The van der Waals surface area contributed by atoms with Crippen LogP contribution in [-0.2, 0) is 9.47 Å². The van der Waals surface area contributed by atoms with Crippen molar-refractivity contribution in [3.05, 3.63) is 29.8 Å². The molecule has 1 fully saturated rings. The molecule has 1 unspecified atom stereocenters. The minimum Gasteiger partial charge on any atom is -0.346 e. The van der Waals surface area contributed by atoms with Crippen LogP contribution in [0.5, 0.6) is 0 Å². The molecule has 0 radical (unpaired) electrons. The molecule has 2 aliphatic heterocycles. The molecule has 20 heavy (non-hydrogen) atoms. The first-order chi connectivity index (χ1) is 9.85. The molecule has 1 aromatic carbocycles. The quantitative estimate of drug-likeness (QED) is 0.927. The Kier molecular flexibility index (Phi) is 4.60. The van der Waals surface area contributed by atoms with Crippen molar-refractivity contribution in [1.29, 1.82) is 0 Å². The monoisotopic (exact) mass is 292 g/mol. The highest BCUT2D eigenvalue weighted by molar-refractivity contribution is 8.14. The van der Waals surface area contributed by atoms with Gasteiger partial charge in [-0.25, -0.2) is 0 Å². The van der Waals surface area contributed by atoms with Gasteiger partial charge in [0.1, 0.15) is 0 Å². The molecule has 3 rings (SSSR count). The third-order valence-corrected chi connectivity index (χ3v) is 4.41. The van der Waals surface area contributed by atoms with Crippen LogP contribution in [0.4, 0.5) is 5.69 Å². The Morgan fingerprint density at radius 3 is 3.00 bits per heavy atom. The number of aliphatic imine (C=N–C) groups is 1. The molecule has 0 saturated carbocycles. The molecule has 0 bridgehead atoms. The SMILES string of the molecule is CCC1CCSC(Nc2cccc(C3OCCO3)c2)=N1. The summed E-state index contributed by atoms with van der Waals surface area (Å²) in [6.07, 6.45) is 2.06. The molecule has 0 aliphatic carbocycles. The van der Waals surface area contributed by atoms with Crippen LogP contribution in [0.1, 0.15) is 31.6 Å². The van der Waals surface area contributed by atoms with Crippen molar-refractivity contribution >= 4 is 22.6 Å². The zero-order chi connectivity index (χ0) is 13.8. The van der Waals surface area contributed by atoms with E-state index in [1.807, 2.05) is 12.1 Å². The number of hydrogen-bond donors (Lipinski definition) is 1. The maximum Gasteiger partial charge on any atom is 0.184 e. The summed E-state index contributed by atoms with van der Waals surface area (Å²) in [7, 11) is 0. The third kappa shape index (κ3) is 3.34. The van der Waals surface area contributed by atoms with Crippen LogP contribution in [0.3, 0.4) is 0 Å². The Bertz CT molecular complexity index is 487. The zero-order valence-electron chi connectivity index (χ0n) is 11.7. The van der Waals surface area contributed by atoms with Gasteiger partial charge in [0.2, 0.25) is 0 Å². The first-order valence-corrected chi connectivity index (χ1v) is 8.14. The predicted octanol–water partition coefficient (Wildman–Crippen LogP) is 3.42. The average molecular weight is 292 g/mol. The Balaban J connectivity index is 1.71. The highest BCUT2D eigenvalue weighted by Crippen LogP contribution is 2.26. The highest BCUT2D eigenvalue weighted by Gasteiger charge is 2.19. The van der Waals surface area contributed by atoms with Crippen molar-refractivity contribution in [1.82, 2.24) is 0 Å². The number of nitrogens with zero attached hydrogens (tertiary/aromatic N) is 1. The molecule has 0 aromatic heterocycles. The number of nitrogens with one attached hydrogen (secondary N) is 1. The van der Waals surface area contributed by atoms with Crippen LogP contribution in [0, 0.1) is 0 Å². The summed E-state index contributed by atoms with van der Waals surface area (Å²) in [6.45, 7) is 3.53. The van der Waals surface area contributed by atoms with Crippen LogP contribution in [0.25, 0.3) is 0 Å². The molecule has 2 aliphatic rings. The van der Waals surface area contributed by atoms with E-state index in [1.165, 1.54) is 6.42 Å². The summed E-state index contributed by atoms with van der Waals surface area (Å²) in [5.41, 5.74) is 2.10. The van der Waals surface area contributed by atoms with Gasteiger partial charge >= 0.3 is 0 Å². The minimum absolute atomic E-state index is 0.221. The average Bonchev–Trinajstić information content (AvgIpc) is 3.02. The van der Waals surface area contributed by atoms with Gasteiger partial charge in [0.25, 0.3) is 0 Å². The number of ether oxygens (including phenoxy) is 2. The van der Waals surface area contributed by atoms with Crippen LogP contribution < -0.4 is 5.32 Å². The first-order valence-electron chi connectivity index (χ1n) is 7.16. The minimum atomic E-state index is -0.221. The van der Waals surface area contributed by atoms with Gasteiger partial charge in [-0.1, -0.05) is 30.8 Å². The van der Waals surface area contributed by atoms with E-state index in [4.69, 9.17) is 14.5 Å². The van der Waals surface area contributed by atoms with Gasteiger partial charge < -0.3 is 14.8 Å². The molecule has 108 valence electrons. The summed E-state index contributed by atoms with van der Waals surface area (Å²) < 4.78 is 11.1. The Morgan fingerprint density at radius 1 is 1.35 bits per heavy atom. The molecule has 2 heterocycles. The zero-order valence-corrected chi connectivity index (χ0v) is 12.5. The van der Waals surface area contributed by atoms with E-state index in [-0.39, 0.29) is 6.29 Å². The van der Waals surface area contributed by atoms with E-state index in [1.54, 1.807) is 11.8 Å². The van der Waals surface area contributed by atoms with Crippen LogP contribution in [0.15, 0.2) is 29.3 Å². The second-order valence-corrected chi connectivity index (χ2v) is 6.04. The normalized spacial score (nSPS) is 23.6. The van der Waals surface area contributed by atoms with E-state index in [0.717, 1.165) is 28.6 Å². The van der Waals surface area contributed by atoms with Crippen molar-refractivity contribution in [3.8, 4) is 0 Å². The largest absolute Gasteiger partial charge is 0.346 e. The molecular formula is C15H20N2O2S. The summed E-state index contributed by atoms with van der Waals surface area (Å²) in [6, 6.07) is 8.65. The number of benzene rings is 1. The Morgan fingerprint density at radius 2 is 2.20 bits per heavy atom. The lowest BCUT2D eigenvalue weighted by molar-refractivity contribution is -0.0440. The van der Waals surface area contributed by atoms with Crippen molar-refractivity contribution in [2.75, 3.05) is 24.3 Å². The van der Waals surface area contributed by atoms with Crippen LogP contribution >= 0.6 is 11.8 Å². The Hall–Kier alpha value is -1.04. The van der Waals surface area contributed by atoms with Gasteiger partial charge in [-0.3, -0.25) is 4.99 Å². The van der Waals surface area contributed by atoms with E-state index in [2.05, 4.69) is 24.4 Å². The summed E-state index contributed by atoms with van der Waals surface area (Å²) in [5.74, 6) is 1.14. The Labute approximate surface area is 123 Å². The fraction of sp³-hybridized carbons (Fsp3) is 0.533. The van der Waals surface area contributed by atoms with E-state index in [0.29, 0.717) is 19.3 Å². The van der Waals surface area contributed by atoms with Crippen molar-refractivity contribution < 1.29 is 9.47 Å². The third-order valence-electron chi connectivity index (χ3n) is 3.49. The maximum absolute atomic E-state index is 5.53. The smallest absolute Gasteiger partial charge is 0.184 e. The summed E-state index contributed by atoms with van der Waals surface area (Å²) in [5, 5.41) is 4.43. The second-order valence-electron chi connectivity index (χ2n) is 4.96. The molecule has 1 saturated heterocycles. The molecule has 0 amide bonds. The standard InChI is InChI=1S/C15H20N2O2S/c1-2-12-6-9-20-15(16-12)17-13-5-3-4-11(10-13)14-18-7-8-19-14/h3-5,10,12,14H,2,6-9H2,1H3,(H,16,17). The molecule has 1 aromatic rings. The van der Waals surface area contributed by atoms with Gasteiger partial charge in [0.05, 0.1) is 19.3 Å². The topological polar surface area (TPSA) is 42.8 Å². The number of rotatable bonds is 3. The van der Waals surface area contributed by atoms with Gasteiger partial charge in [-0.2, -0.15) is 0 Å². The van der Waals surface area contributed by atoms with Gasteiger partial charge in [-0.15, -0.1) is 0 Å². The lowest BCUT2D eigenvalue weighted by Gasteiger charge is -2.20. The fourth-order valence-corrected chi connectivity index (χ4v) is 3.36.